The number of hydrogen-bond acceptors (Lipinski definition) is 5. The molecule has 44 heavy (non-hydrogen) atoms. The largest absolute Gasteiger partial charge is 0.462 e. The van der Waals surface area contributed by atoms with Crippen molar-refractivity contribution in [3.8, 4) is 0 Å². The van der Waals surface area contributed by atoms with Crippen LogP contribution in [-0.2, 0) is 19.1 Å². The van der Waals surface area contributed by atoms with E-state index in [0.717, 1.165) is 70.6 Å². The Morgan fingerprint density at radius 2 is 0.909 bits per heavy atom. The van der Waals surface area contributed by atoms with Crippen molar-refractivity contribution < 1.29 is 24.2 Å². The number of aliphatic hydroxyl groups excluding tert-OH is 1. The number of allylic oxidation sites excluding steroid dienone is 8. The Morgan fingerprint density at radius 3 is 1.34 bits per heavy atom. The summed E-state index contributed by atoms with van der Waals surface area (Å²) < 4.78 is 10.6. The van der Waals surface area contributed by atoms with Gasteiger partial charge in [0, 0.05) is 12.8 Å². The van der Waals surface area contributed by atoms with Crippen molar-refractivity contribution in [1.29, 1.82) is 0 Å². The summed E-state index contributed by atoms with van der Waals surface area (Å²) in [6.07, 6.45) is 43.0. The molecule has 0 fully saturated rings. The number of carbonyl (C=O) groups is 2. The topological polar surface area (TPSA) is 72.8 Å². The first-order chi connectivity index (χ1) is 21.6. The van der Waals surface area contributed by atoms with Gasteiger partial charge in [-0.3, -0.25) is 9.59 Å². The van der Waals surface area contributed by atoms with Crippen LogP contribution in [0.15, 0.2) is 48.6 Å². The Hall–Kier alpha value is -2.14. The lowest BCUT2D eigenvalue weighted by Gasteiger charge is -2.15. The molecule has 0 aliphatic rings. The molecule has 0 amide bonds. The minimum Gasteiger partial charge on any atom is -0.462 e. The molecule has 0 spiro atoms. The Bertz CT molecular complexity index is 752. The van der Waals surface area contributed by atoms with E-state index in [1.165, 1.54) is 70.6 Å². The van der Waals surface area contributed by atoms with Gasteiger partial charge in [0.05, 0.1) is 6.61 Å². The van der Waals surface area contributed by atoms with E-state index >= 15 is 0 Å². The Morgan fingerprint density at radius 1 is 0.523 bits per heavy atom. The van der Waals surface area contributed by atoms with Gasteiger partial charge in [0.1, 0.15) is 6.61 Å². The molecule has 0 aliphatic carbocycles. The standard InChI is InChI=1S/C39H68O5/c1-3-5-7-9-11-13-15-17-19-21-23-25-27-29-31-33-38(41)43-36-37(35-40)44-39(42)34-32-30-28-26-24-22-20-18-16-14-12-10-8-6-4-2/h11-14,17-20,37,40H,3-10,15-16,21-36H2,1-2H3/b13-11-,14-12-,19-17-,20-18-. The van der Waals surface area contributed by atoms with Crippen LogP contribution in [0.3, 0.4) is 0 Å². The highest BCUT2D eigenvalue weighted by Crippen LogP contribution is 2.11. The Labute approximate surface area is 271 Å². The molecule has 1 N–H and O–H groups in total. The van der Waals surface area contributed by atoms with Crippen molar-refractivity contribution in [2.75, 3.05) is 13.2 Å². The average Bonchev–Trinajstić information content (AvgIpc) is 3.02. The zero-order valence-corrected chi connectivity index (χ0v) is 28.7. The van der Waals surface area contributed by atoms with Gasteiger partial charge in [-0.25, -0.2) is 0 Å². The van der Waals surface area contributed by atoms with Crippen molar-refractivity contribution in [2.24, 2.45) is 0 Å². The highest BCUT2D eigenvalue weighted by molar-refractivity contribution is 5.70. The normalized spacial score (nSPS) is 12.7. The van der Waals surface area contributed by atoms with Gasteiger partial charge in [0.25, 0.3) is 0 Å². The average molecular weight is 617 g/mol. The van der Waals surface area contributed by atoms with Crippen molar-refractivity contribution in [3.05, 3.63) is 48.6 Å². The molecule has 254 valence electrons. The van der Waals surface area contributed by atoms with Crippen LogP contribution in [0, 0.1) is 0 Å². The van der Waals surface area contributed by atoms with Crippen LogP contribution < -0.4 is 0 Å². The maximum atomic E-state index is 12.1. The molecule has 0 aromatic heterocycles. The number of carbonyl (C=O) groups excluding carboxylic acids is 2. The van der Waals surface area contributed by atoms with Gasteiger partial charge in [0.2, 0.25) is 0 Å². The van der Waals surface area contributed by atoms with Gasteiger partial charge in [-0.2, -0.15) is 0 Å². The molecule has 5 nitrogen and oxygen atoms in total. The molecular weight excluding hydrogens is 548 g/mol. The van der Waals surface area contributed by atoms with Crippen molar-refractivity contribution in [2.45, 2.75) is 174 Å². The van der Waals surface area contributed by atoms with Crippen LogP contribution in [0.2, 0.25) is 0 Å². The molecule has 0 heterocycles. The molecule has 0 aromatic carbocycles. The second-order valence-corrected chi connectivity index (χ2v) is 11.9. The molecule has 1 unspecified atom stereocenters. The quantitative estimate of drug-likeness (QED) is 0.0462. The first-order valence-corrected chi connectivity index (χ1v) is 18.2. The smallest absolute Gasteiger partial charge is 0.306 e. The van der Waals surface area contributed by atoms with E-state index < -0.39 is 6.10 Å². The molecular formula is C39H68O5. The third kappa shape index (κ3) is 32.8. The lowest BCUT2D eigenvalue weighted by Crippen LogP contribution is -2.28. The summed E-state index contributed by atoms with van der Waals surface area (Å²) in [5.74, 6) is -0.626. The third-order valence-corrected chi connectivity index (χ3v) is 7.60. The minimum absolute atomic E-state index is 0.0799. The van der Waals surface area contributed by atoms with Gasteiger partial charge in [-0.1, -0.05) is 127 Å². The van der Waals surface area contributed by atoms with Gasteiger partial charge < -0.3 is 14.6 Å². The summed E-state index contributed by atoms with van der Waals surface area (Å²) in [6.45, 7) is 4.04. The number of ether oxygens (including phenoxy) is 2. The first kappa shape index (κ1) is 41.9. The molecule has 5 heteroatoms. The summed E-state index contributed by atoms with van der Waals surface area (Å²) in [5.41, 5.74) is 0. The molecule has 0 rings (SSSR count). The number of esters is 2. The number of rotatable bonds is 32. The number of hydrogen-bond donors (Lipinski definition) is 1. The molecule has 1 atom stereocenters. The van der Waals surface area contributed by atoms with Gasteiger partial charge >= 0.3 is 11.9 Å². The molecule has 0 aromatic rings. The summed E-state index contributed by atoms with van der Waals surface area (Å²) in [7, 11) is 0. The van der Waals surface area contributed by atoms with Crippen LogP contribution in [0.25, 0.3) is 0 Å². The predicted octanol–water partition coefficient (Wildman–Crippen LogP) is 11.1. The van der Waals surface area contributed by atoms with Gasteiger partial charge in [-0.05, 0) is 77.0 Å². The van der Waals surface area contributed by atoms with Gasteiger partial charge in [-0.15, -0.1) is 0 Å². The zero-order chi connectivity index (χ0) is 32.2. The van der Waals surface area contributed by atoms with Crippen LogP contribution in [0.5, 0.6) is 0 Å². The van der Waals surface area contributed by atoms with Crippen molar-refractivity contribution >= 4 is 11.9 Å². The number of aliphatic hydroxyl groups is 1. The van der Waals surface area contributed by atoms with E-state index in [9.17, 15) is 14.7 Å². The minimum atomic E-state index is -0.783. The highest BCUT2D eigenvalue weighted by Gasteiger charge is 2.16. The third-order valence-electron chi connectivity index (χ3n) is 7.60. The lowest BCUT2D eigenvalue weighted by molar-refractivity contribution is -0.161. The van der Waals surface area contributed by atoms with Gasteiger partial charge in [0.15, 0.2) is 6.10 Å². The van der Waals surface area contributed by atoms with E-state index in [-0.39, 0.29) is 25.2 Å². The molecule has 0 aliphatic heterocycles. The maximum Gasteiger partial charge on any atom is 0.306 e. The molecule has 0 saturated carbocycles. The monoisotopic (exact) mass is 617 g/mol. The first-order valence-electron chi connectivity index (χ1n) is 18.2. The van der Waals surface area contributed by atoms with E-state index in [2.05, 4.69) is 62.5 Å². The van der Waals surface area contributed by atoms with Crippen LogP contribution >= 0.6 is 0 Å². The molecule has 0 bridgehead atoms. The summed E-state index contributed by atoms with van der Waals surface area (Å²) in [4.78, 5) is 24.2. The SMILES string of the molecule is CCCCC/C=C\C/C=C\CCCCCCCC(=O)OCC(CO)OC(=O)CCCCCCC/C=C\C/C=C\CCCCC. The van der Waals surface area contributed by atoms with E-state index in [1.54, 1.807) is 0 Å². The fourth-order valence-electron chi connectivity index (χ4n) is 4.79. The van der Waals surface area contributed by atoms with Crippen molar-refractivity contribution in [1.82, 2.24) is 0 Å². The zero-order valence-electron chi connectivity index (χ0n) is 28.7. The summed E-state index contributed by atoms with van der Waals surface area (Å²) in [5, 5.41) is 9.52. The second-order valence-electron chi connectivity index (χ2n) is 11.9. The van der Waals surface area contributed by atoms with Crippen molar-refractivity contribution in [3.63, 3.8) is 0 Å². The maximum absolute atomic E-state index is 12.1. The molecule has 0 radical (unpaired) electrons. The summed E-state index contributed by atoms with van der Waals surface area (Å²) in [6, 6.07) is 0. The van der Waals surface area contributed by atoms with Crippen LogP contribution in [0.4, 0.5) is 0 Å². The highest BCUT2D eigenvalue weighted by atomic mass is 16.6. The fourth-order valence-corrected chi connectivity index (χ4v) is 4.79. The number of unbranched alkanes of at least 4 members (excludes halogenated alkanes) is 16. The van der Waals surface area contributed by atoms with E-state index in [1.807, 2.05) is 0 Å². The molecule has 0 saturated heterocycles. The Balaban J connectivity index is 3.64. The predicted molar refractivity (Wildman–Crippen MR) is 187 cm³/mol. The van der Waals surface area contributed by atoms with Crippen LogP contribution in [0.1, 0.15) is 168 Å². The fraction of sp³-hybridized carbons (Fsp3) is 0.744. The Kier molecular flexibility index (Phi) is 33.6. The van der Waals surface area contributed by atoms with Crippen LogP contribution in [-0.4, -0.2) is 36.4 Å². The second kappa shape index (κ2) is 35.3. The summed E-state index contributed by atoms with van der Waals surface area (Å²) >= 11 is 0. The lowest BCUT2D eigenvalue weighted by atomic mass is 10.1. The van der Waals surface area contributed by atoms with E-state index in [0.29, 0.717) is 12.8 Å². The van der Waals surface area contributed by atoms with E-state index in [4.69, 9.17) is 9.47 Å².